The minimum absolute atomic E-state index is 0.0409. The minimum Gasteiger partial charge on any atom is -0.489 e. The number of nitrogens with two attached hydrogens (primary N) is 1. The fourth-order valence-corrected chi connectivity index (χ4v) is 5.99. The summed E-state index contributed by atoms with van der Waals surface area (Å²) in [7, 11) is 0. The molecule has 204 valence electrons. The topological polar surface area (TPSA) is 79.3 Å². The number of hydrogen-bond donors (Lipinski definition) is 1. The van der Waals surface area contributed by atoms with Gasteiger partial charge in [-0.25, -0.2) is 4.39 Å². The lowest BCUT2D eigenvalue weighted by Gasteiger charge is -2.44. The van der Waals surface area contributed by atoms with E-state index >= 15 is 0 Å². The van der Waals surface area contributed by atoms with Crippen LogP contribution in [0.25, 0.3) is 0 Å². The molecule has 1 aliphatic carbocycles. The van der Waals surface area contributed by atoms with Crippen LogP contribution in [0.5, 0.6) is 5.75 Å². The Bertz CT molecular complexity index is 1610. The second kappa shape index (κ2) is 10.3. The van der Waals surface area contributed by atoms with Crippen LogP contribution in [-0.4, -0.2) is 5.78 Å². The third kappa shape index (κ3) is 5.00. The zero-order chi connectivity index (χ0) is 28.8. The third-order valence-electron chi connectivity index (χ3n) is 7.86. The highest BCUT2D eigenvalue weighted by atomic mass is 19.1. The van der Waals surface area contributed by atoms with Gasteiger partial charge >= 0.3 is 0 Å². The van der Waals surface area contributed by atoms with Crippen LogP contribution in [0.3, 0.4) is 0 Å². The van der Waals surface area contributed by atoms with Crippen molar-refractivity contribution in [2.45, 2.75) is 60.0 Å². The van der Waals surface area contributed by atoms with E-state index in [1.165, 1.54) is 12.1 Å². The molecule has 1 unspecified atom stereocenters. The summed E-state index contributed by atoms with van der Waals surface area (Å²) in [5, 5.41) is 10.5. The Hall–Kier alpha value is -4.37. The highest BCUT2D eigenvalue weighted by molar-refractivity contribution is 6.01. The molecule has 0 radical (unpaired) electrons. The number of carbonyl (C=O) groups excluding carboxylic acids is 1. The summed E-state index contributed by atoms with van der Waals surface area (Å²) in [6, 6.07) is 20.4. The number of ketones is 1. The summed E-state index contributed by atoms with van der Waals surface area (Å²) in [6.45, 7) is 10.5. The molecule has 0 saturated heterocycles. The van der Waals surface area contributed by atoms with Crippen LogP contribution in [0.1, 0.15) is 60.4 Å². The van der Waals surface area contributed by atoms with E-state index in [1.54, 1.807) is 12.1 Å². The van der Waals surface area contributed by atoms with Gasteiger partial charge in [0, 0.05) is 23.4 Å². The van der Waals surface area contributed by atoms with Gasteiger partial charge in [-0.05, 0) is 91.3 Å². The van der Waals surface area contributed by atoms with Gasteiger partial charge in [-0.2, -0.15) is 5.26 Å². The van der Waals surface area contributed by atoms with E-state index in [-0.39, 0.29) is 23.6 Å². The van der Waals surface area contributed by atoms with Gasteiger partial charge in [0.1, 0.15) is 24.0 Å². The van der Waals surface area contributed by atoms with Crippen LogP contribution in [0, 0.1) is 43.3 Å². The molecule has 0 saturated carbocycles. The molecule has 1 atom stereocenters. The smallest absolute Gasteiger partial charge is 0.162 e. The second-order valence-electron chi connectivity index (χ2n) is 11.7. The number of benzene rings is 3. The number of aryl methyl sites for hydroxylation is 2. The quantitative estimate of drug-likeness (QED) is 0.372. The summed E-state index contributed by atoms with van der Waals surface area (Å²) in [6.07, 6.45) is 1.05. The molecule has 0 fully saturated rings. The van der Waals surface area contributed by atoms with Crippen molar-refractivity contribution in [3.63, 3.8) is 0 Å². The number of halogens is 1. The van der Waals surface area contributed by atoms with Crippen LogP contribution in [0.15, 0.2) is 83.3 Å². The first-order chi connectivity index (χ1) is 19.0. The molecule has 5 nitrogen and oxygen atoms in total. The highest BCUT2D eigenvalue weighted by Crippen LogP contribution is 2.51. The molecule has 1 heterocycles. The molecule has 0 bridgehead atoms. The number of nitriles is 1. The highest BCUT2D eigenvalue weighted by Gasteiger charge is 2.45. The van der Waals surface area contributed by atoms with Gasteiger partial charge in [-0.15, -0.1) is 0 Å². The molecule has 40 heavy (non-hydrogen) atoms. The van der Waals surface area contributed by atoms with E-state index in [4.69, 9.17) is 10.5 Å². The van der Waals surface area contributed by atoms with Crippen LogP contribution < -0.4 is 15.4 Å². The van der Waals surface area contributed by atoms with Crippen LogP contribution in [0.4, 0.5) is 10.1 Å². The van der Waals surface area contributed by atoms with Gasteiger partial charge < -0.3 is 10.5 Å². The molecule has 2 aliphatic rings. The lowest BCUT2D eigenvalue weighted by molar-refractivity contribution is -0.118. The summed E-state index contributed by atoms with van der Waals surface area (Å²) in [5.41, 5.74) is 14.1. The molecular formula is C34H34FN3O2. The summed E-state index contributed by atoms with van der Waals surface area (Å²) in [4.78, 5) is 15.9. The summed E-state index contributed by atoms with van der Waals surface area (Å²) < 4.78 is 19.4. The Morgan fingerprint density at radius 2 is 1.77 bits per heavy atom. The van der Waals surface area contributed by atoms with Crippen molar-refractivity contribution in [1.29, 1.82) is 5.26 Å². The van der Waals surface area contributed by atoms with Crippen LogP contribution >= 0.6 is 0 Å². The molecule has 1 aliphatic heterocycles. The average Bonchev–Trinajstić information content (AvgIpc) is 2.88. The van der Waals surface area contributed by atoms with Crippen molar-refractivity contribution in [2.24, 2.45) is 11.1 Å². The van der Waals surface area contributed by atoms with Crippen molar-refractivity contribution in [3.8, 4) is 11.8 Å². The number of allylic oxidation sites excluding steroid dienone is 3. The van der Waals surface area contributed by atoms with E-state index in [0.29, 0.717) is 35.6 Å². The number of nitrogens with zero attached hydrogens (tertiary/aromatic N) is 2. The fourth-order valence-electron chi connectivity index (χ4n) is 5.99. The molecule has 0 amide bonds. The van der Waals surface area contributed by atoms with E-state index in [9.17, 15) is 14.4 Å². The first-order valence-electron chi connectivity index (χ1n) is 13.5. The zero-order valence-electron chi connectivity index (χ0n) is 23.6. The van der Waals surface area contributed by atoms with E-state index in [1.807, 2.05) is 62.1 Å². The molecule has 2 N–H and O–H groups in total. The lowest BCUT2D eigenvalue weighted by Crippen LogP contribution is -2.42. The molecule has 5 rings (SSSR count). The molecule has 6 heteroatoms. The average molecular weight is 536 g/mol. The molecule has 0 spiro atoms. The van der Waals surface area contributed by atoms with Crippen molar-refractivity contribution < 1.29 is 13.9 Å². The van der Waals surface area contributed by atoms with E-state index < -0.39 is 5.92 Å². The van der Waals surface area contributed by atoms with E-state index in [2.05, 4.69) is 19.9 Å². The summed E-state index contributed by atoms with van der Waals surface area (Å²) in [5.74, 6) is 0.0590. The third-order valence-corrected chi connectivity index (χ3v) is 7.86. The summed E-state index contributed by atoms with van der Waals surface area (Å²) >= 11 is 0. The van der Waals surface area contributed by atoms with Gasteiger partial charge in [0.2, 0.25) is 0 Å². The van der Waals surface area contributed by atoms with Crippen molar-refractivity contribution in [2.75, 3.05) is 4.90 Å². The van der Waals surface area contributed by atoms with Crippen molar-refractivity contribution in [3.05, 3.63) is 117 Å². The Kier molecular flexibility index (Phi) is 7.01. The Morgan fingerprint density at radius 1 is 1.05 bits per heavy atom. The zero-order valence-corrected chi connectivity index (χ0v) is 23.6. The predicted octanol–water partition coefficient (Wildman–Crippen LogP) is 7.27. The van der Waals surface area contributed by atoms with Crippen molar-refractivity contribution in [1.82, 2.24) is 0 Å². The maximum absolute atomic E-state index is 13.9. The standard InChI is InChI=1S/C34H34FN3O2/c1-20-7-6-8-25(14-20)38-29-16-34(4,5)17-30(39)32(29)31(28(18-36)33(38)37)27-15-21(2)13-23(22(27)3)19-40-26-11-9-24(35)10-12-26/h6-15,31H,16-17,19,37H2,1-5H3. The maximum Gasteiger partial charge on any atom is 0.162 e. The molecule has 0 aromatic heterocycles. The lowest BCUT2D eigenvalue weighted by atomic mass is 9.68. The van der Waals surface area contributed by atoms with Crippen molar-refractivity contribution >= 4 is 11.5 Å². The minimum atomic E-state index is -0.575. The Labute approximate surface area is 235 Å². The normalized spacial score (nSPS) is 18.5. The largest absolute Gasteiger partial charge is 0.489 e. The van der Waals surface area contributed by atoms with Gasteiger partial charge in [0.15, 0.2) is 5.78 Å². The Morgan fingerprint density at radius 3 is 2.45 bits per heavy atom. The first-order valence-corrected chi connectivity index (χ1v) is 13.5. The molecule has 3 aromatic carbocycles. The van der Waals surface area contributed by atoms with Gasteiger partial charge in [0.25, 0.3) is 0 Å². The van der Waals surface area contributed by atoms with E-state index in [0.717, 1.165) is 39.2 Å². The second-order valence-corrected chi connectivity index (χ2v) is 11.7. The SMILES string of the molecule is Cc1cccc(N2C(N)=C(C#N)C(c3cc(C)cc(COc4ccc(F)cc4)c3C)C3=C2CC(C)(C)CC3=O)c1. The monoisotopic (exact) mass is 535 g/mol. The number of Topliss-reactive ketones (excluding diaryl/α,β-unsaturated/α-hetero) is 1. The van der Waals surface area contributed by atoms with Crippen LogP contribution in [-0.2, 0) is 11.4 Å². The molecular weight excluding hydrogens is 501 g/mol. The number of carbonyl (C=O) groups is 1. The van der Waals surface area contributed by atoms with Gasteiger partial charge in [-0.3, -0.25) is 9.69 Å². The maximum atomic E-state index is 13.9. The number of anilines is 1. The van der Waals surface area contributed by atoms with Gasteiger partial charge in [-0.1, -0.05) is 43.7 Å². The van der Waals surface area contributed by atoms with Gasteiger partial charge in [0.05, 0.1) is 17.6 Å². The number of hydrogen-bond acceptors (Lipinski definition) is 5. The number of rotatable bonds is 5. The number of ether oxygens (including phenoxy) is 1. The Balaban J connectivity index is 1.67. The van der Waals surface area contributed by atoms with Crippen LogP contribution in [0.2, 0.25) is 0 Å². The fraction of sp³-hybridized carbons (Fsp3) is 0.294. The first kappa shape index (κ1) is 27.2. The molecule has 3 aromatic rings. The predicted molar refractivity (Wildman–Crippen MR) is 155 cm³/mol.